The monoisotopic (exact) mass is 350 g/mol. The van der Waals surface area contributed by atoms with E-state index in [1.54, 1.807) is 6.08 Å². The third-order valence-corrected chi connectivity index (χ3v) is 5.03. The molecule has 0 radical (unpaired) electrons. The molecule has 0 aliphatic heterocycles. The van der Waals surface area contributed by atoms with E-state index in [0.29, 0.717) is 5.82 Å². The van der Waals surface area contributed by atoms with Crippen molar-refractivity contribution in [3.63, 3.8) is 0 Å². The Morgan fingerprint density at radius 2 is 1.59 bits per heavy atom. The number of nitrogens with two attached hydrogens (primary N) is 1. The van der Waals surface area contributed by atoms with Crippen LogP contribution in [0.5, 0.6) is 0 Å². The summed E-state index contributed by atoms with van der Waals surface area (Å²) in [5.41, 5.74) is 10.6. The first-order chi connectivity index (χ1) is 13.3. The summed E-state index contributed by atoms with van der Waals surface area (Å²) < 4.78 is 4.21. The Morgan fingerprint density at radius 3 is 2.41 bits per heavy atom. The van der Waals surface area contributed by atoms with Crippen molar-refractivity contribution in [1.82, 2.24) is 9.13 Å². The Bertz CT molecular complexity index is 1340. The zero-order valence-electron chi connectivity index (χ0n) is 14.6. The fraction of sp³-hybridized carbons (Fsp3) is 0. The Balaban J connectivity index is 1.92. The zero-order chi connectivity index (χ0) is 18.4. The van der Waals surface area contributed by atoms with E-state index < -0.39 is 0 Å². The molecule has 0 bridgehead atoms. The second kappa shape index (κ2) is 5.88. The predicted octanol–water partition coefficient (Wildman–Crippen LogP) is 5.15. The van der Waals surface area contributed by atoms with Gasteiger partial charge < -0.3 is 15.7 Å². The minimum absolute atomic E-state index is 0.536. The Hall–Kier alpha value is -3.79. The Kier molecular flexibility index (Phi) is 3.37. The fourth-order valence-electron chi connectivity index (χ4n) is 3.85. The molecule has 0 atom stereocenters. The summed E-state index contributed by atoms with van der Waals surface area (Å²) in [6.45, 7) is 0. The number of hydrogen-bond acceptors (Lipinski definition) is 2. The fourth-order valence-corrected chi connectivity index (χ4v) is 3.85. The van der Waals surface area contributed by atoms with Crippen LogP contribution in [0.15, 0.2) is 85.1 Å². The third-order valence-electron chi connectivity index (χ3n) is 5.03. The molecule has 0 amide bonds. The van der Waals surface area contributed by atoms with Gasteiger partial charge in [-0.25, -0.2) is 0 Å². The minimum Gasteiger partial charge on any atom is -0.385 e. The molecule has 27 heavy (non-hydrogen) atoms. The second-order valence-electron chi connectivity index (χ2n) is 6.56. The van der Waals surface area contributed by atoms with Crippen LogP contribution in [-0.4, -0.2) is 15.3 Å². The highest BCUT2D eigenvalue weighted by Gasteiger charge is 2.14. The van der Waals surface area contributed by atoms with Crippen LogP contribution in [0.4, 0.5) is 0 Å². The summed E-state index contributed by atoms with van der Waals surface area (Å²) >= 11 is 0. The Morgan fingerprint density at radius 1 is 0.815 bits per heavy atom. The first-order valence-electron chi connectivity index (χ1n) is 8.84. The zero-order valence-corrected chi connectivity index (χ0v) is 14.6. The van der Waals surface area contributed by atoms with E-state index in [2.05, 4.69) is 53.2 Å². The average molecular weight is 350 g/mol. The van der Waals surface area contributed by atoms with Crippen molar-refractivity contribution < 1.29 is 0 Å². The van der Waals surface area contributed by atoms with Gasteiger partial charge in [0.1, 0.15) is 5.82 Å². The number of hydrogen-bond donors (Lipinski definition) is 2. The van der Waals surface area contributed by atoms with E-state index in [4.69, 9.17) is 11.1 Å². The average Bonchev–Trinajstić information content (AvgIpc) is 3.25. The molecule has 4 heteroatoms. The van der Waals surface area contributed by atoms with Crippen molar-refractivity contribution in [2.75, 3.05) is 0 Å². The number of benzene rings is 3. The maximum Gasteiger partial charge on any atom is 0.109 e. The van der Waals surface area contributed by atoms with Crippen molar-refractivity contribution >= 4 is 44.7 Å². The lowest BCUT2D eigenvalue weighted by molar-refractivity contribution is 1.13. The summed E-state index contributed by atoms with van der Waals surface area (Å²) in [4.78, 5) is 0. The van der Waals surface area contributed by atoms with Gasteiger partial charge >= 0.3 is 0 Å². The van der Waals surface area contributed by atoms with E-state index in [1.165, 1.54) is 11.6 Å². The molecular formula is C23H18N4. The summed E-state index contributed by atoms with van der Waals surface area (Å²) in [5, 5.41) is 10.9. The van der Waals surface area contributed by atoms with E-state index >= 15 is 0 Å². The van der Waals surface area contributed by atoms with Crippen molar-refractivity contribution in [2.24, 2.45) is 5.73 Å². The number of rotatable bonds is 3. The molecule has 5 rings (SSSR count). The van der Waals surface area contributed by atoms with E-state index in [1.807, 2.05) is 34.9 Å². The van der Waals surface area contributed by atoms with Crippen molar-refractivity contribution in [3.05, 3.63) is 85.1 Å². The molecule has 0 saturated heterocycles. The number of fused-ring (bicyclic) bond motifs is 4. The van der Waals surface area contributed by atoms with Gasteiger partial charge in [-0.2, -0.15) is 0 Å². The van der Waals surface area contributed by atoms with Gasteiger partial charge in [-0.3, -0.25) is 4.57 Å². The number of allylic oxidation sites excluding steroid dienone is 1. The third kappa shape index (κ3) is 2.27. The highest BCUT2D eigenvalue weighted by Crippen LogP contribution is 2.34. The van der Waals surface area contributed by atoms with Gasteiger partial charge in [-0.05, 0) is 42.5 Å². The van der Waals surface area contributed by atoms with Crippen LogP contribution in [0, 0.1) is 5.41 Å². The van der Waals surface area contributed by atoms with Crippen LogP contribution >= 0.6 is 0 Å². The number of nitrogens with one attached hydrogen (secondary N) is 1. The number of para-hydroxylation sites is 2. The normalized spacial score (nSPS) is 12.2. The van der Waals surface area contributed by atoms with Gasteiger partial charge in [0.15, 0.2) is 0 Å². The van der Waals surface area contributed by atoms with Gasteiger partial charge in [0.2, 0.25) is 0 Å². The topological polar surface area (TPSA) is 59.7 Å². The summed E-state index contributed by atoms with van der Waals surface area (Å²) in [6.07, 6.45) is 4.94. The predicted molar refractivity (Wildman–Crippen MR) is 114 cm³/mol. The Labute approximate surface area is 156 Å². The maximum atomic E-state index is 7.41. The van der Waals surface area contributed by atoms with Crippen molar-refractivity contribution in [3.8, 4) is 5.69 Å². The first kappa shape index (κ1) is 15.5. The van der Waals surface area contributed by atoms with E-state index in [-0.39, 0.29) is 0 Å². The van der Waals surface area contributed by atoms with Gasteiger partial charge in [0.05, 0.1) is 16.6 Å². The molecule has 0 fully saturated rings. The molecule has 5 aromatic rings. The molecule has 4 nitrogen and oxygen atoms in total. The molecule has 0 aliphatic rings. The lowest BCUT2D eigenvalue weighted by Gasteiger charge is -2.09. The summed E-state index contributed by atoms with van der Waals surface area (Å²) in [7, 11) is 0. The van der Waals surface area contributed by atoms with Crippen LogP contribution in [0.2, 0.25) is 0 Å². The molecule has 3 N–H and O–H groups in total. The largest absolute Gasteiger partial charge is 0.385 e. The lowest BCUT2D eigenvalue weighted by atomic mass is 10.1. The summed E-state index contributed by atoms with van der Waals surface area (Å²) in [5.74, 6) is 0.536. The van der Waals surface area contributed by atoms with E-state index in [0.717, 1.165) is 33.0 Å². The molecule has 0 spiro atoms. The molecule has 3 aromatic carbocycles. The van der Waals surface area contributed by atoms with Gasteiger partial charge in [0, 0.05) is 34.3 Å². The van der Waals surface area contributed by atoms with E-state index in [9.17, 15) is 0 Å². The van der Waals surface area contributed by atoms with Crippen LogP contribution in [-0.2, 0) is 0 Å². The van der Waals surface area contributed by atoms with Crippen LogP contribution in [0.25, 0.3) is 44.2 Å². The minimum atomic E-state index is 0.536. The first-order valence-corrected chi connectivity index (χ1v) is 8.84. The molecule has 0 aliphatic carbocycles. The molecule has 130 valence electrons. The lowest BCUT2D eigenvalue weighted by Crippen LogP contribution is -2.06. The molecule has 2 aromatic heterocycles. The van der Waals surface area contributed by atoms with Crippen LogP contribution < -0.4 is 5.73 Å². The number of nitrogens with zero attached hydrogens (tertiary/aromatic N) is 2. The summed E-state index contributed by atoms with van der Waals surface area (Å²) in [6, 6.07) is 25.1. The quantitative estimate of drug-likeness (QED) is 0.435. The molecule has 0 unspecified atom stereocenters. The molecular weight excluding hydrogens is 332 g/mol. The van der Waals surface area contributed by atoms with Gasteiger partial charge in [-0.1, -0.05) is 36.4 Å². The maximum absolute atomic E-state index is 7.41. The standard InChI is InChI=1S/C23H18N4/c24-12-10-23(25)27-20-9-5-4-8-18(20)19-14-16-11-13-26(21(16)15-22(19)27)17-6-2-1-3-7-17/h1-15,24H,25H2/b23-10+,24-12?. The van der Waals surface area contributed by atoms with Crippen LogP contribution in [0.3, 0.4) is 0 Å². The highest BCUT2D eigenvalue weighted by molar-refractivity contribution is 6.14. The SMILES string of the molecule is N=C/C=C(\N)n1c2ccccc2c2cc3ccn(-c4ccccc4)c3cc21. The van der Waals surface area contributed by atoms with Gasteiger partial charge in [0.25, 0.3) is 0 Å². The second-order valence-corrected chi connectivity index (χ2v) is 6.56. The van der Waals surface area contributed by atoms with Gasteiger partial charge in [-0.15, -0.1) is 0 Å². The van der Waals surface area contributed by atoms with Crippen molar-refractivity contribution in [2.45, 2.75) is 0 Å². The molecule has 0 saturated carbocycles. The number of aromatic nitrogens is 2. The van der Waals surface area contributed by atoms with Crippen LogP contribution in [0.1, 0.15) is 0 Å². The smallest absolute Gasteiger partial charge is 0.109 e. The van der Waals surface area contributed by atoms with Crippen molar-refractivity contribution in [1.29, 1.82) is 5.41 Å². The highest BCUT2D eigenvalue weighted by atomic mass is 15.1. The molecule has 2 heterocycles.